The molecule has 1 aromatic rings. The molecule has 5 heteroatoms. The summed E-state index contributed by atoms with van der Waals surface area (Å²) in [4.78, 5) is 15.3. The first-order valence-corrected chi connectivity index (χ1v) is 5.27. The average Bonchev–Trinajstić information content (AvgIpc) is 2.58. The SMILES string of the molecule is CC1NC(=O)CC1c1ncc(Cl)s1. The number of thiazole rings is 1. The van der Waals surface area contributed by atoms with Crippen molar-refractivity contribution < 1.29 is 4.79 Å². The lowest BCUT2D eigenvalue weighted by Crippen LogP contribution is -2.24. The molecule has 0 aromatic carbocycles. The highest BCUT2D eigenvalue weighted by Gasteiger charge is 2.32. The maximum atomic E-state index is 11.1. The van der Waals surface area contributed by atoms with Crippen LogP contribution in [0.25, 0.3) is 0 Å². The highest BCUT2D eigenvalue weighted by Crippen LogP contribution is 2.32. The standard InChI is InChI=1S/C8H9ClN2OS/c1-4-5(2-7(12)11-4)8-10-3-6(9)13-8/h3-5H,2H2,1H3,(H,11,12). The lowest BCUT2D eigenvalue weighted by Gasteiger charge is -2.09. The van der Waals surface area contributed by atoms with Gasteiger partial charge in [0.2, 0.25) is 5.91 Å². The first-order chi connectivity index (χ1) is 6.16. The number of carbonyl (C=O) groups is 1. The molecule has 0 bridgehead atoms. The van der Waals surface area contributed by atoms with Crippen LogP contribution in [0.1, 0.15) is 24.3 Å². The molecule has 1 aliphatic heterocycles. The van der Waals surface area contributed by atoms with Crippen molar-refractivity contribution in [3.05, 3.63) is 15.5 Å². The maximum absolute atomic E-state index is 11.1. The number of amides is 1. The summed E-state index contributed by atoms with van der Waals surface area (Å²) in [7, 11) is 0. The number of hydrogen-bond donors (Lipinski definition) is 1. The van der Waals surface area contributed by atoms with Gasteiger partial charge in [0, 0.05) is 18.4 Å². The molecule has 2 rings (SSSR count). The monoisotopic (exact) mass is 216 g/mol. The highest BCUT2D eigenvalue weighted by molar-refractivity contribution is 7.15. The molecule has 1 aromatic heterocycles. The third kappa shape index (κ3) is 1.69. The second-order valence-electron chi connectivity index (χ2n) is 3.17. The van der Waals surface area contributed by atoms with E-state index in [0.29, 0.717) is 10.8 Å². The average molecular weight is 217 g/mol. The molecule has 1 amide bonds. The maximum Gasteiger partial charge on any atom is 0.221 e. The normalized spacial score (nSPS) is 27.7. The molecular weight excluding hydrogens is 208 g/mol. The van der Waals surface area contributed by atoms with Crippen LogP contribution in [0.15, 0.2) is 6.20 Å². The van der Waals surface area contributed by atoms with E-state index in [2.05, 4.69) is 10.3 Å². The summed E-state index contributed by atoms with van der Waals surface area (Å²) in [6.45, 7) is 1.99. The molecule has 1 N–H and O–H groups in total. The van der Waals surface area contributed by atoms with E-state index in [0.717, 1.165) is 5.01 Å². The van der Waals surface area contributed by atoms with Crippen LogP contribution in [-0.2, 0) is 4.79 Å². The molecule has 1 fully saturated rings. The minimum Gasteiger partial charge on any atom is -0.353 e. The lowest BCUT2D eigenvalue weighted by atomic mass is 10.0. The molecule has 0 spiro atoms. The number of nitrogens with one attached hydrogen (secondary N) is 1. The highest BCUT2D eigenvalue weighted by atomic mass is 35.5. The molecule has 1 aliphatic rings. The Morgan fingerprint density at radius 3 is 3.00 bits per heavy atom. The van der Waals surface area contributed by atoms with Crippen LogP contribution in [0, 0.1) is 0 Å². The second-order valence-corrected chi connectivity index (χ2v) is 4.86. The van der Waals surface area contributed by atoms with E-state index in [1.54, 1.807) is 6.20 Å². The predicted octanol–water partition coefficient (Wildman–Crippen LogP) is 1.79. The van der Waals surface area contributed by atoms with E-state index in [1.807, 2.05) is 6.92 Å². The van der Waals surface area contributed by atoms with Gasteiger partial charge in [0.05, 0.1) is 11.2 Å². The van der Waals surface area contributed by atoms with Crippen molar-refractivity contribution in [1.29, 1.82) is 0 Å². The summed E-state index contributed by atoms with van der Waals surface area (Å²) < 4.78 is 0.682. The van der Waals surface area contributed by atoms with E-state index in [1.165, 1.54) is 11.3 Å². The lowest BCUT2D eigenvalue weighted by molar-refractivity contribution is -0.119. The Morgan fingerprint density at radius 2 is 2.54 bits per heavy atom. The van der Waals surface area contributed by atoms with Gasteiger partial charge in [0.15, 0.2) is 0 Å². The molecule has 2 unspecified atom stereocenters. The van der Waals surface area contributed by atoms with Crippen LogP contribution in [0.4, 0.5) is 0 Å². The van der Waals surface area contributed by atoms with Crippen molar-refractivity contribution >= 4 is 28.8 Å². The Kier molecular flexibility index (Phi) is 2.26. The zero-order valence-electron chi connectivity index (χ0n) is 7.08. The predicted molar refractivity (Wildman–Crippen MR) is 52.1 cm³/mol. The van der Waals surface area contributed by atoms with E-state index in [4.69, 9.17) is 11.6 Å². The fourth-order valence-electron chi connectivity index (χ4n) is 1.53. The fraction of sp³-hybridized carbons (Fsp3) is 0.500. The quantitative estimate of drug-likeness (QED) is 0.778. The summed E-state index contributed by atoms with van der Waals surface area (Å²) in [5, 5.41) is 3.81. The van der Waals surface area contributed by atoms with Crippen LogP contribution in [0.3, 0.4) is 0 Å². The summed E-state index contributed by atoms with van der Waals surface area (Å²) in [5.74, 6) is 0.300. The minimum atomic E-state index is 0.101. The fourth-order valence-corrected chi connectivity index (χ4v) is 2.66. The third-order valence-electron chi connectivity index (χ3n) is 2.21. The van der Waals surface area contributed by atoms with Gasteiger partial charge in [-0.15, -0.1) is 11.3 Å². The first kappa shape index (κ1) is 8.97. The van der Waals surface area contributed by atoms with E-state index in [-0.39, 0.29) is 17.9 Å². The molecule has 0 saturated carbocycles. The van der Waals surface area contributed by atoms with Crippen molar-refractivity contribution in [3.63, 3.8) is 0 Å². The molecule has 0 radical (unpaired) electrons. The molecular formula is C8H9ClN2OS. The Morgan fingerprint density at radius 1 is 1.77 bits per heavy atom. The number of halogens is 1. The van der Waals surface area contributed by atoms with Gasteiger partial charge in [-0.1, -0.05) is 11.6 Å². The number of aromatic nitrogens is 1. The van der Waals surface area contributed by atoms with Gasteiger partial charge in [-0.3, -0.25) is 4.79 Å². The molecule has 70 valence electrons. The van der Waals surface area contributed by atoms with E-state index < -0.39 is 0 Å². The Labute approximate surface area is 85.1 Å². The van der Waals surface area contributed by atoms with Crippen molar-refractivity contribution in [3.8, 4) is 0 Å². The van der Waals surface area contributed by atoms with Crippen LogP contribution in [-0.4, -0.2) is 16.9 Å². The van der Waals surface area contributed by atoms with Gasteiger partial charge in [0.1, 0.15) is 4.34 Å². The summed E-state index contributed by atoms with van der Waals surface area (Å²) >= 11 is 7.23. The van der Waals surface area contributed by atoms with E-state index in [9.17, 15) is 4.79 Å². The van der Waals surface area contributed by atoms with Crippen LogP contribution in [0.2, 0.25) is 4.34 Å². The molecule has 2 heterocycles. The summed E-state index contributed by atoms with van der Waals surface area (Å²) in [6, 6.07) is 0.176. The first-order valence-electron chi connectivity index (χ1n) is 4.07. The number of carbonyl (C=O) groups excluding carboxylic acids is 1. The topological polar surface area (TPSA) is 42.0 Å². The smallest absolute Gasteiger partial charge is 0.221 e. The van der Waals surface area contributed by atoms with Gasteiger partial charge < -0.3 is 5.32 Å². The zero-order chi connectivity index (χ0) is 9.42. The summed E-state index contributed by atoms with van der Waals surface area (Å²) in [5.41, 5.74) is 0. The van der Waals surface area contributed by atoms with Gasteiger partial charge in [-0.2, -0.15) is 0 Å². The van der Waals surface area contributed by atoms with Gasteiger partial charge in [-0.05, 0) is 6.92 Å². The van der Waals surface area contributed by atoms with Gasteiger partial charge in [-0.25, -0.2) is 4.98 Å². The van der Waals surface area contributed by atoms with Crippen LogP contribution in [0.5, 0.6) is 0 Å². The third-order valence-corrected chi connectivity index (χ3v) is 3.46. The summed E-state index contributed by atoms with van der Waals surface area (Å²) in [6.07, 6.45) is 2.17. The second kappa shape index (κ2) is 3.27. The molecule has 13 heavy (non-hydrogen) atoms. The van der Waals surface area contributed by atoms with Gasteiger partial charge in [0.25, 0.3) is 0 Å². The molecule has 3 nitrogen and oxygen atoms in total. The van der Waals surface area contributed by atoms with Crippen LogP contribution < -0.4 is 5.32 Å². The van der Waals surface area contributed by atoms with Gasteiger partial charge >= 0.3 is 0 Å². The van der Waals surface area contributed by atoms with Crippen molar-refractivity contribution in [1.82, 2.24) is 10.3 Å². The number of rotatable bonds is 1. The van der Waals surface area contributed by atoms with Crippen molar-refractivity contribution in [2.24, 2.45) is 0 Å². The Balaban J connectivity index is 2.22. The molecule has 2 atom stereocenters. The van der Waals surface area contributed by atoms with Crippen molar-refractivity contribution in [2.45, 2.75) is 25.3 Å². The largest absolute Gasteiger partial charge is 0.353 e. The molecule has 0 aliphatic carbocycles. The van der Waals surface area contributed by atoms with Crippen molar-refractivity contribution in [2.75, 3.05) is 0 Å². The van der Waals surface area contributed by atoms with E-state index >= 15 is 0 Å². The Bertz CT molecular complexity index is 339. The number of nitrogens with zero attached hydrogens (tertiary/aromatic N) is 1. The Hall–Kier alpha value is -0.610. The zero-order valence-corrected chi connectivity index (χ0v) is 8.65. The minimum absolute atomic E-state index is 0.101. The van der Waals surface area contributed by atoms with Crippen LogP contribution >= 0.6 is 22.9 Å². The number of hydrogen-bond acceptors (Lipinski definition) is 3. The molecule has 1 saturated heterocycles.